The van der Waals surface area contributed by atoms with Gasteiger partial charge >= 0.3 is 0 Å². The van der Waals surface area contributed by atoms with Crippen LogP contribution in [0.25, 0.3) is 0 Å². The minimum Gasteiger partial charge on any atom is -0.319 e. The van der Waals surface area contributed by atoms with Gasteiger partial charge < -0.3 is 10.2 Å². The third-order valence-electron chi connectivity index (χ3n) is 9.48. The first-order chi connectivity index (χ1) is 15.1. The molecule has 2 heterocycles. The average Bonchev–Trinajstić information content (AvgIpc) is 3.09. The summed E-state index contributed by atoms with van der Waals surface area (Å²) >= 11 is 5.95. The highest BCUT2D eigenvalue weighted by Gasteiger charge is 2.61. The Morgan fingerprint density at radius 3 is 2.72 bits per heavy atom. The highest BCUT2D eigenvalue weighted by atomic mass is 35.5. The molecule has 32 heavy (non-hydrogen) atoms. The fourth-order valence-corrected chi connectivity index (χ4v) is 8.30. The number of fused-ring (bicyclic) bond motifs is 5. The predicted octanol–water partition coefficient (Wildman–Crippen LogP) is 5.06. The topological polar surface area (TPSA) is 75.2 Å². The largest absolute Gasteiger partial charge is 0.319 e. The number of piperidine rings is 1. The van der Waals surface area contributed by atoms with Crippen molar-refractivity contribution in [2.75, 3.05) is 12.4 Å². The number of hydrogen-bond acceptors (Lipinski definition) is 4. The van der Waals surface area contributed by atoms with Gasteiger partial charge in [0.15, 0.2) is 5.82 Å². The summed E-state index contributed by atoms with van der Waals surface area (Å²) in [5, 5.41) is 3.26. The van der Waals surface area contributed by atoms with Crippen LogP contribution in [0.4, 0.5) is 5.82 Å². The lowest BCUT2D eigenvalue weighted by molar-refractivity contribution is -0.137. The van der Waals surface area contributed by atoms with Gasteiger partial charge in [0.05, 0.1) is 12.4 Å². The van der Waals surface area contributed by atoms with Crippen molar-refractivity contribution in [1.29, 1.82) is 0 Å². The molecule has 1 aromatic rings. The first-order valence-corrected chi connectivity index (χ1v) is 12.3. The molecule has 4 aliphatic rings. The van der Waals surface area contributed by atoms with Crippen LogP contribution in [0.5, 0.6) is 0 Å². The summed E-state index contributed by atoms with van der Waals surface area (Å²) in [6.07, 6.45) is 9.82. The van der Waals surface area contributed by atoms with E-state index in [1.165, 1.54) is 17.5 Å². The molecule has 3 aliphatic carbocycles. The summed E-state index contributed by atoms with van der Waals surface area (Å²) in [4.78, 5) is 35.9. The van der Waals surface area contributed by atoms with E-state index in [-0.39, 0.29) is 33.7 Å². The molecule has 1 aromatic heterocycles. The summed E-state index contributed by atoms with van der Waals surface area (Å²) in [5.41, 5.74) is 2.70. The van der Waals surface area contributed by atoms with E-state index in [1.54, 1.807) is 6.20 Å². The van der Waals surface area contributed by atoms with E-state index in [0.29, 0.717) is 30.0 Å². The zero-order valence-electron chi connectivity index (χ0n) is 19.4. The van der Waals surface area contributed by atoms with Crippen LogP contribution >= 0.6 is 11.6 Å². The van der Waals surface area contributed by atoms with E-state index in [4.69, 9.17) is 11.6 Å². The molecule has 1 saturated heterocycles. The molecule has 5 rings (SSSR count). The van der Waals surface area contributed by atoms with Crippen LogP contribution in [0.2, 0.25) is 5.15 Å². The van der Waals surface area contributed by atoms with Crippen molar-refractivity contribution in [3.8, 4) is 0 Å². The summed E-state index contributed by atoms with van der Waals surface area (Å²) in [6, 6.07) is 0. The maximum Gasteiger partial charge on any atom is 0.229 e. The Balaban J connectivity index is 1.42. The van der Waals surface area contributed by atoms with Crippen LogP contribution < -0.4 is 5.32 Å². The molecule has 0 unspecified atom stereocenters. The zero-order valence-corrected chi connectivity index (χ0v) is 20.2. The number of carbonyl (C=O) groups excluding carboxylic acids is 2. The number of nitrogens with zero attached hydrogens (tertiary/aromatic N) is 3. The summed E-state index contributed by atoms with van der Waals surface area (Å²) in [6.45, 7) is 6.95. The van der Waals surface area contributed by atoms with Crippen molar-refractivity contribution in [3.05, 3.63) is 28.8 Å². The van der Waals surface area contributed by atoms with Gasteiger partial charge in [-0.3, -0.25) is 14.6 Å². The van der Waals surface area contributed by atoms with Crippen molar-refractivity contribution >= 4 is 29.2 Å². The van der Waals surface area contributed by atoms with Crippen LogP contribution in [0.3, 0.4) is 0 Å². The van der Waals surface area contributed by atoms with Crippen LogP contribution in [-0.4, -0.2) is 33.7 Å². The quantitative estimate of drug-likeness (QED) is 0.674. The molecular formula is C25H33ClN4O2. The van der Waals surface area contributed by atoms with Crippen molar-refractivity contribution in [3.63, 3.8) is 0 Å². The average molecular weight is 457 g/mol. The van der Waals surface area contributed by atoms with Crippen LogP contribution in [0, 0.1) is 34.5 Å². The Hall–Kier alpha value is -1.95. The van der Waals surface area contributed by atoms with Crippen molar-refractivity contribution < 1.29 is 9.59 Å². The first kappa shape index (κ1) is 21.9. The summed E-state index contributed by atoms with van der Waals surface area (Å²) in [7, 11) is 1.96. The third-order valence-corrected chi connectivity index (χ3v) is 9.67. The number of aromatic nitrogens is 2. The van der Waals surface area contributed by atoms with Gasteiger partial charge in [-0.15, -0.1) is 0 Å². The van der Waals surface area contributed by atoms with E-state index in [0.717, 1.165) is 38.5 Å². The number of hydrogen-bond donors (Lipinski definition) is 1. The van der Waals surface area contributed by atoms with E-state index < -0.39 is 0 Å². The number of amides is 2. The van der Waals surface area contributed by atoms with E-state index in [2.05, 4.69) is 36.1 Å². The van der Waals surface area contributed by atoms with Crippen molar-refractivity contribution in [2.24, 2.45) is 34.5 Å². The lowest BCUT2D eigenvalue weighted by Crippen LogP contribution is -2.54. The number of anilines is 1. The normalized spacial score (nSPS) is 38.8. The Bertz CT molecular complexity index is 1010. The number of rotatable bonds is 2. The fourth-order valence-electron chi connectivity index (χ4n) is 8.16. The Labute approximate surface area is 195 Å². The number of nitrogens with one attached hydrogen (secondary N) is 1. The smallest absolute Gasteiger partial charge is 0.229 e. The minimum atomic E-state index is -0.0247. The molecule has 0 radical (unpaired) electrons. The molecular weight excluding hydrogens is 424 g/mol. The number of carbonyl (C=O) groups is 2. The van der Waals surface area contributed by atoms with Gasteiger partial charge in [-0.1, -0.05) is 31.0 Å². The maximum absolute atomic E-state index is 13.3. The van der Waals surface area contributed by atoms with Gasteiger partial charge in [-0.25, -0.2) is 4.98 Å². The number of allylic oxidation sites excluding steroid dienone is 2. The van der Waals surface area contributed by atoms with Gasteiger partial charge in [0.25, 0.3) is 0 Å². The molecule has 0 spiro atoms. The fraction of sp³-hybridized carbons (Fsp3) is 0.680. The maximum atomic E-state index is 13.3. The molecule has 6 atom stereocenters. The van der Waals surface area contributed by atoms with E-state index in [9.17, 15) is 9.59 Å². The van der Waals surface area contributed by atoms with E-state index in [1.807, 2.05) is 11.9 Å². The highest BCUT2D eigenvalue weighted by Crippen LogP contribution is 2.66. The minimum absolute atomic E-state index is 0.0121. The van der Waals surface area contributed by atoms with Crippen LogP contribution in [0.1, 0.15) is 65.7 Å². The van der Waals surface area contributed by atoms with Gasteiger partial charge in [0.2, 0.25) is 11.8 Å². The standard InChI is InChI=1S/C25H33ClN4O2/c1-14-11-15-16-5-6-18(23(32)29-20-13-27-12-19(26)28-20)24(16,2)9-7-17(15)25(3)10-8-21(31)30(4)22(14)25/h12-13,15-18H,5-11H2,1-4H3,(H,28,29,32)/t15-,16-,17-,18+,24-,25+/m0/s1. The van der Waals surface area contributed by atoms with Crippen molar-refractivity contribution in [2.45, 2.75) is 65.7 Å². The molecule has 3 fully saturated rings. The third kappa shape index (κ3) is 3.12. The predicted molar refractivity (Wildman–Crippen MR) is 124 cm³/mol. The van der Waals surface area contributed by atoms with Crippen molar-refractivity contribution in [1.82, 2.24) is 14.9 Å². The van der Waals surface area contributed by atoms with Crippen LogP contribution in [0.15, 0.2) is 23.7 Å². The van der Waals surface area contributed by atoms with Gasteiger partial charge in [-0.05, 0) is 68.6 Å². The highest BCUT2D eigenvalue weighted by molar-refractivity contribution is 6.29. The lowest BCUT2D eigenvalue weighted by atomic mass is 9.48. The lowest BCUT2D eigenvalue weighted by Gasteiger charge is -2.59. The summed E-state index contributed by atoms with van der Waals surface area (Å²) in [5.74, 6) is 2.37. The molecule has 2 amide bonds. The monoisotopic (exact) mass is 456 g/mol. The molecule has 0 aromatic carbocycles. The second kappa shape index (κ2) is 7.54. The second-order valence-electron chi connectivity index (χ2n) is 11.0. The first-order valence-electron chi connectivity index (χ1n) is 11.9. The zero-order chi connectivity index (χ0) is 22.8. The molecule has 172 valence electrons. The number of halogens is 1. The molecule has 7 heteroatoms. The SMILES string of the molecule is CC1=C2N(C)C(=O)CC[C@]2(C)[C@H]2CC[C@]3(C)[C@@H](C(=O)Nc4cncc(Cl)n4)CC[C@H]3[C@@H]2C1. The van der Waals surface area contributed by atoms with Gasteiger partial charge in [0, 0.05) is 30.5 Å². The molecule has 2 saturated carbocycles. The van der Waals surface area contributed by atoms with Gasteiger partial charge in [0.1, 0.15) is 5.15 Å². The van der Waals surface area contributed by atoms with Gasteiger partial charge in [-0.2, -0.15) is 0 Å². The van der Waals surface area contributed by atoms with E-state index >= 15 is 0 Å². The number of likely N-dealkylation sites (tertiary alicyclic amines) is 1. The Morgan fingerprint density at radius 2 is 1.97 bits per heavy atom. The van der Waals surface area contributed by atoms with Crippen LogP contribution in [-0.2, 0) is 9.59 Å². The summed E-state index contributed by atoms with van der Waals surface area (Å²) < 4.78 is 0. The Kier molecular flexibility index (Phi) is 5.16. The Morgan fingerprint density at radius 1 is 1.19 bits per heavy atom. The molecule has 6 nitrogen and oxygen atoms in total. The molecule has 1 N–H and O–H groups in total. The molecule has 1 aliphatic heterocycles. The molecule has 0 bridgehead atoms. The second-order valence-corrected chi connectivity index (χ2v) is 11.4.